The summed E-state index contributed by atoms with van der Waals surface area (Å²) in [5.41, 5.74) is -0.0436. The number of nitrogens with zero attached hydrogens (tertiary/aromatic N) is 1. The van der Waals surface area contributed by atoms with Crippen LogP contribution in [0.25, 0.3) is 0 Å². The molecule has 4 N–H and O–H groups in total. The van der Waals surface area contributed by atoms with Gasteiger partial charge in [0.25, 0.3) is 11.8 Å². The van der Waals surface area contributed by atoms with Crippen LogP contribution in [-0.4, -0.2) is 60.7 Å². The molecule has 0 aromatic carbocycles. The van der Waals surface area contributed by atoms with Crippen LogP contribution in [0.3, 0.4) is 0 Å². The van der Waals surface area contributed by atoms with Gasteiger partial charge in [-0.2, -0.15) is 0 Å². The standard InChI is InChI=1S/C16H22N4O5S/c1-9(13(22)19-11(7-21)16(24)25-2)18-14(23)12-8-26-15(20-12)10-3-5-17-6-4-10/h8,10-11,17,21H,1,3-7H2,2H3,(H,18,23)(H,19,22)/t11-/m0/s1. The lowest BCUT2D eigenvalue weighted by atomic mass is 9.99. The summed E-state index contributed by atoms with van der Waals surface area (Å²) < 4.78 is 4.45. The maximum atomic E-state index is 12.2. The predicted octanol–water partition coefficient (Wildman–Crippen LogP) is -0.496. The van der Waals surface area contributed by atoms with Crippen molar-refractivity contribution in [3.8, 4) is 0 Å². The van der Waals surface area contributed by atoms with Gasteiger partial charge in [-0.1, -0.05) is 6.58 Å². The molecule has 1 fully saturated rings. The summed E-state index contributed by atoms with van der Waals surface area (Å²) in [4.78, 5) is 40.0. The molecule has 26 heavy (non-hydrogen) atoms. The SMILES string of the molecule is C=C(NC(=O)c1csc(C2CCNCC2)n1)C(=O)N[C@@H](CO)C(=O)OC. The fourth-order valence-electron chi connectivity index (χ4n) is 2.47. The maximum absolute atomic E-state index is 12.2. The van der Waals surface area contributed by atoms with Crippen LogP contribution in [0.2, 0.25) is 0 Å². The van der Waals surface area contributed by atoms with Crippen LogP contribution in [0, 0.1) is 0 Å². The number of hydrogen-bond donors (Lipinski definition) is 4. The van der Waals surface area contributed by atoms with E-state index in [4.69, 9.17) is 5.11 Å². The largest absolute Gasteiger partial charge is 0.467 e. The molecule has 0 aliphatic carbocycles. The molecule has 0 bridgehead atoms. The van der Waals surface area contributed by atoms with E-state index in [1.165, 1.54) is 11.3 Å². The first-order chi connectivity index (χ1) is 12.5. The summed E-state index contributed by atoms with van der Waals surface area (Å²) in [6.45, 7) is 4.70. The Morgan fingerprint density at radius 1 is 1.46 bits per heavy atom. The predicted molar refractivity (Wildman–Crippen MR) is 94.6 cm³/mol. The van der Waals surface area contributed by atoms with Crippen molar-refractivity contribution in [2.75, 3.05) is 26.8 Å². The number of aliphatic hydroxyl groups is 1. The summed E-state index contributed by atoms with van der Waals surface area (Å²) in [5, 5.41) is 19.5. The van der Waals surface area contributed by atoms with Gasteiger partial charge >= 0.3 is 5.97 Å². The molecule has 2 rings (SSSR count). The lowest BCUT2D eigenvalue weighted by molar-refractivity contribution is -0.145. The maximum Gasteiger partial charge on any atom is 0.330 e. The average Bonchev–Trinajstić information content (AvgIpc) is 3.16. The molecule has 0 saturated carbocycles. The van der Waals surface area contributed by atoms with Crippen molar-refractivity contribution >= 4 is 29.1 Å². The number of thiazole rings is 1. The van der Waals surface area contributed by atoms with E-state index in [2.05, 4.69) is 32.3 Å². The minimum atomic E-state index is -1.23. The highest BCUT2D eigenvalue weighted by Gasteiger charge is 2.24. The molecule has 2 amide bonds. The highest BCUT2D eigenvalue weighted by atomic mass is 32.1. The van der Waals surface area contributed by atoms with Gasteiger partial charge in [-0.25, -0.2) is 9.78 Å². The van der Waals surface area contributed by atoms with Crippen LogP contribution in [0.15, 0.2) is 17.7 Å². The Labute approximate surface area is 154 Å². The number of methoxy groups -OCH3 is 1. The quantitative estimate of drug-likeness (QED) is 0.370. The van der Waals surface area contributed by atoms with Gasteiger partial charge in [-0.15, -0.1) is 11.3 Å². The Balaban J connectivity index is 1.92. The summed E-state index contributed by atoms with van der Waals surface area (Å²) in [6, 6.07) is -1.23. The van der Waals surface area contributed by atoms with E-state index in [-0.39, 0.29) is 11.4 Å². The van der Waals surface area contributed by atoms with Crippen molar-refractivity contribution in [3.63, 3.8) is 0 Å². The van der Waals surface area contributed by atoms with Crippen LogP contribution >= 0.6 is 11.3 Å². The second-order valence-electron chi connectivity index (χ2n) is 5.76. The fraction of sp³-hybridized carbons (Fsp3) is 0.500. The summed E-state index contributed by atoms with van der Waals surface area (Å²) in [6.07, 6.45) is 1.94. The van der Waals surface area contributed by atoms with Crippen LogP contribution in [0.4, 0.5) is 0 Å². The van der Waals surface area contributed by atoms with Gasteiger partial charge in [0.15, 0.2) is 6.04 Å². The monoisotopic (exact) mass is 382 g/mol. The fourth-order valence-corrected chi connectivity index (χ4v) is 3.44. The Morgan fingerprint density at radius 3 is 2.77 bits per heavy atom. The van der Waals surface area contributed by atoms with Crippen LogP contribution in [0.1, 0.15) is 34.3 Å². The number of carbonyl (C=O) groups is 3. The number of aliphatic hydroxyl groups excluding tert-OH is 1. The Kier molecular flexibility index (Phi) is 7.25. The first kappa shape index (κ1) is 20.0. The molecule has 0 radical (unpaired) electrons. The third kappa shape index (κ3) is 5.10. The Morgan fingerprint density at radius 2 is 2.15 bits per heavy atom. The van der Waals surface area contributed by atoms with Gasteiger partial charge in [0.05, 0.1) is 24.4 Å². The highest BCUT2D eigenvalue weighted by Crippen LogP contribution is 2.27. The lowest BCUT2D eigenvalue weighted by Crippen LogP contribution is -2.46. The molecule has 9 nitrogen and oxygen atoms in total. The van der Waals surface area contributed by atoms with Crippen LogP contribution in [0.5, 0.6) is 0 Å². The molecule has 2 heterocycles. The number of ether oxygens (including phenoxy) is 1. The molecule has 1 saturated heterocycles. The van der Waals surface area contributed by atoms with Gasteiger partial charge in [0.2, 0.25) is 0 Å². The summed E-state index contributed by atoms with van der Waals surface area (Å²) in [5.74, 6) is -1.82. The summed E-state index contributed by atoms with van der Waals surface area (Å²) in [7, 11) is 1.13. The zero-order valence-corrected chi connectivity index (χ0v) is 15.2. The van der Waals surface area contributed by atoms with Crippen molar-refractivity contribution in [1.82, 2.24) is 20.9 Å². The zero-order chi connectivity index (χ0) is 19.1. The molecule has 142 valence electrons. The molecule has 1 aliphatic heterocycles. The van der Waals surface area contributed by atoms with E-state index in [0.717, 1.165) is 38.0 Å². The minimum Gasteiger partial charge on any atom is -0.467 e. The van der Waals surface area contributed by atoms with Crippen molar-refractivity contribution in [2.45, 2.75) is 24.8 Å². The van der Waals surface area contributed by atoms with Gasteiger partial charge in [0.1, 0.15) is 5.69 Å². The van der Waals surface area contributed by atoms with Gasteiger partial charge in [-0.3, -0.25) is 9.59 Å². The molecule has 1 aliphatic rings. The first-order valence-electron chi connectivity index (χ1n) is 8.12. The van der Waals surface area contributed by atoms with E-state index >= 15 is 0 Å². The third-order valence-corrected chi connectivity index (χ3v) is 4.96. The second-order valence-corrected chi connectivity index (χ2v) is 6.65. The van der Waals surface area contributed by atoms with E-state index < -0.39 is 30.4 Å². The number of carbonyl (C=O) groups excluding carboxylic acids is 3. The second kappa shape index (κ2) is 9.41. The molecular weight excluding hydrogens is 360 g/mol. The molecule has 1 atom stereocenters. The average molecular weight is 382 g/mol. The zero-order valence-electron chi connectivity index (χ0n) is 14.4. The van der Waals surface area contributed by atoms with Crippen molar-refractivity contribution in [2.24, 2.45) is 0 Å². The van der Waals surface area contributed by atoms with Crippen molar-refractivity contribution < 1.29 is 24.2 Å². The Bertz CT molecular complexity index is 684. The van der Waals surface area contributed by atoms with E-state index in [1.807, 2.05) is 0 Å². The van der Waals surface area contributed by atoms with Gasteiger partial charge < -0.3 is 25.8 Å². The smallest absolute Gasteiger partial charge is 0.330 e. The number of esters is 1. The molecular formula is C16H22N4O5S. The van der Waals surface area contributed by atoms with Crippen molar-refractivity contribution in [1.29, 1.82) is 0 Å². The molecule has 0 unspecified atom stereocenters. The number of rotatable bonds is 7. The summed E-state index contributed by atoms with van der Waals surface area (Å²) >= 11 is 1.42. The van der Waals surface area contributed by atoms with E-state index in [9.17, 15) is 14.4 Å². The minimum absolute atomic E-state index is 0.212. The molecule has 10 heteroatoms. The van der Waals surface area contributed by atoms with E-state index in [0.29, 0.717) is 5.92 Å². The van der Waals surface area contributed by atoms with E-state index in [1.54, 1.807) is 5.38 Å². The topological polar surface area (TPSA) is 130 Å². The van der Waals surface area contributed by atoms with Crippen molar-refractivity contribution in [3.05, 3.63) is 28.4 Å². The molecule has 0 spiro atoms. The Hall–Kier alpha value is -2.30. The number of nitrogens with one attached hydrogen (secondary N) is 3. The number of aromatic nitrogens is 1. The van der Waals surface area contributed by atoms with Crippen LogP contribution in [-0.2, 0) is 14.3 Å². The highest BCUT2D eigenvalue weighted by molar-refractivity contribution is 7.09. The first-order valence-corrected chi connectivity index (χ1v) is 9.00. The molecule has 1 aromatic heterocycles. The van der Waals surface area contributed by atoms with Gasteiger partial charge in [-0.05, 0) is 25.9 Å². The number of hydrogen-bond acceptors (Lipinski definition) is 8. The number of amides is 2. The normalized spacial score (nSPS) is 15.8. The van der Waals surface area contributed by atoms with Gasteiger partial charge in [0, 0.05) is 11.3 Å². The van der Waals surface area contributed by atoms with Crippen LogP contribution < -0.4 is 16.0 Å². The lowest BCUT2D eigenvalue weighted by Gasteiger charge is -2.20. The number of piperidine rings is 1. The third-order valence-electron chi connectivity index (χ3n) is 3.96. The molecule has 1 aromatic rings.